The van der Waals surface area contributed by atoms with E-state index in [1.807, 2.05) is 0 Å². The largest absolute Gasteiger partial charge is 0.465 e. The molecule has 0 bridgehead atoms. The zero-order chi connectivity index (χ0) is 10.6. The van der Waals surface area contributed by atoms with Gasteiger partial charge in [-0.1, -0.05) is 6.08 Å². The van der Waals surface area contributed by atoms with Crippen molar-refractivity contribution in [1.29, 1.82) is 0 Å². The summed E-state index contributed by atoms with van der Waals surface area (Å²) in [4.78, 5) is 11.6. The molecule has 0 aliphatic carbocycles. The number of nitrogens with two attached hydrogens (primary N) is 1. The fourth-order valence-electron chi connectivity index (χ4n) is 0.917. The molecule has 0 atom stereocenters. The first-order valence-electron chi connectivity index (χ1n) is 4.01. The van der Waals surface area contributed by atoms with Crippen molar-refractivity contribution in [3.05, 3.63) is 23.6 Å². The Balaban J connectivity index is 2.81. The summed E-state index contributed by atoms with van der Waals surface area (Å²) >= 11 is 1.27. The molecular weight excluding hydrogens is 200 g/mol. The fraction of sp³-hybridized carbons (Fsp3) is 0.222. The first-order chi connectivity index (χ1) is 6.69. The molecule has 1 aromatic heterocycles. The van der Waals surface area contributed by atoms with Crippen molar-refractivity contribution in [3.63, 3.8) is 0 Å². The van der Waals surface area contributed by atoms with Crippen LogP contribution in [0.4, 0.5) is 10.7 Å². The molecule has 0 aliphatic rings. The highest BCUT2D eigenvalue weighted by Gasteiger charge is 2.13. The summed E-state index contributed by atoms with van der Waals surface area (Å²) in [7, 11) is 1.33. The molecule has 0 amide bonds. The standard InChI is InChI=1S/C9H12N2O2S/c1-3-4-11-7-5-6(10)8(14-7)9(12)13-2/h3,5,11H,1,4,10H2,2H3. The molecule has 0 saturated carbocycles. The quantitative estimate of drug-likeness (QED) is 0.589. The van der Waals surface area contributed by atoms with Crippen LogP contribution in [-0.2, 0) is 4.74 Å². The normalized spacial score (nSPS) is 9.50. The van der Waals surface area contributed by atoms with E-state index >= 15 is 0 Å². The third kappa shape index (κ3) is 2.26. The van der Waals surface area contributed by atoms with E-state index in [2.05, 4.69) is 16.6 Å². The molecule has 4 nitrogen and oxygen atoms in total. The topological polar surface area (TPSA) is 64.3 Å². The fourth-order valence-corrected chi connectivity index (χ4v) is 1.82. The Labute approximate surface area is 86.4 Å². The highest BCUT2D eigenvalue weighted by atomic mass is 32.1. The van der Waals surface area contributed by atoms with Crippen LogP contribution in [0.2, 0.25) is 0 Å². The molecule has 1 heterocycles. The van der Waals surface area contributed by atoms with Gasteiger partial charge in [0, 0.05) is 6.54 Å². The van der Waals surface area contributed by atoms with Crippen molar-refractivity contribution in [2.45, 2.75) is 0 Å². The van der Waals surface area contributed by atoms with Crippen LogP contribution < -0.4 is 11.1 Å². The van der Waals surface area contributed by atoms with E-state index in [1.54, 1.807) is 12.1 Å². The van der Waals surface area contributed by atoms with E-state index in [4.69, 9.17) is 5.73 Å². The first-order valence-corrected chi connectivity index (χ1v) is 4.83. The molecule has 0 unspecified atom stereocenters. The number of hydrogen-bond donors (Lipinski definition) is 2. The van der Waals surface area contributed by atoms with Gasteiger partial charge in [-0.25, -0.2) is 4.79 Å². The van der Waals surface area contributed by atoms with E-state index in [9.17, 15) is 4.79 Å². The lowest BCUT2D eigenvalue weighted by Crippen LogP contribution is -2.01. The predicted molar refractivity (Wildman–Crippen MR) is 58.8 cm³/mol. The second-order valence-corrected chi connectivity index (χ2v) is 3.61. The van der Waals surface area contributed by atoms with Crippen LogP contribution in [0.1, 0.15) is 9.67 Å². The molecular formula is C9H12N2O2S. The molecule has 14 heavy (non-hydrogen) atoms. The van der Waals surface area contributed by atoms with Gasteiger partial charge in [-0.05, 0) is 6.07 Å². The lowest BCUT2D eigenvalue weighted by molar-refractivity contribution is 0.0607. The van der Waals surface area contributed by atoms with Crippen LogP contribution in [0, 0.1) is 0 Å². The highest BCUT2D eigenvalue weighted by molar-refractivity contribution is 7.18. The number of methoxy groups -OCH3 is 1. The second kappa shape index (κ2) is 4.66. The summed E-state index contributed by atoms with van der Waals surface area (Å²) in [6, 6.07) is 1.71. The Morgan fingerprint density at radius 1 is 1.86 bits per heavy atom. The molecule has 3 N–H and O–H groups in total. The zero-order valence-electron chi connectivity index (χ0n) is 7.87. The van der Waals surface area contributed by atoms with Crippen LogP contribution in [0.3, 0.4) is 0 Å². The van der Waals surface area contributed by atoms with E-state index in [1.165, 1.54) is 18.4 Å². The van der Waals surface area contributed by atoms with Gasteiger partial charge in [-0.2, -0.15) is 0 Å². The minimum atomic E-state index is -0.404. The number of nitrogen functional groups attached to an aromatic ring is 1. The SMILES string of the molecule is C=CCNc1cc(N)c(C(=O)OC)s1. The van der Waals surface area contributed by atoms with Gasteiger partial charge in [-0.3, -0.25) is 0 Å². The van der Waals surface area contributed by atoms with Gasteiger partial charge in [0.25, 0.3) is 0 Å². The van der Waals surface area contributed by atoms with E-state index < -0.39 is 5.97 Å². The van der Waals surface area contributed by atoms with E-state index in [0.717, 1.165) is 5.00 Å². The molecule has 76 valence electrons. The average Bonchev–Trinajstić information content (AvgIpc) is 2.55. The van der Waals surface area contributed by atoms with Crippen molar-refractivity contribution in [1.82, 2.24) is 0 Å². The number of carbonyl (C=O) groups excluding carboxylic acids is 1. The van der Waals surface area contributed by atoms with Crippen LogP contribution in [-0.4, -0.2) is 19.6 Å². The summed E-state index contributed by atoms with van der Waals surface area (Å²) in [5.41, 5.74) is 6.07. The number of carbonyl (C=O) groups is 1. The third-order valence-corrected chi connectivity index (χ3v) is 2.64. The Hall–Kier alpha value is -1.49. The Morgan fingerprint density at radius 3 is 3.14 bits per heavy atom. The Bertz CT molecular complexity index is 347. The number of anilines is 2. The lowest BCUT2D eigenvalue weighted by atomic mass is 10.4. The maximum Gasteiger partial charge on any atom is 0.350 e. The van der Waals surface area contributed by atoms with Crippen molar-refractivity contribution in [2.24, 2.45) is 0 Å². The number of hydrogen-bond acceptors (Lipinski definition) is 5. The van der Waals surface area contributed by atoms with Crippen molar-refractivity contribution >= 4 is 28.0 Å². The van der Waals surface area contributed by atoms with Gasteiger partial charge in [-0.15, -0.1) is 17.9 Å². The number of rotatable bonds is 4. The van der Waals surface area contributed by atoms with Gasteiger partial charge in [0.15, 0.2) is 0 Å². The van der Waals surface area contributed by atoms with E-state index in [-0.39, 0.29) is 0 Å². The van der Waals surface area contributed by atoms with Gasteiger partial charge in [0.05, 0.1) is 17.8 Å². The number of thiophene rings is 1. The molecule has 0 aliphatic heterocycles. The minimum Gasteiger partial charge on any atom is -0.465 e. The summed E-state index contributed by atoms with van der Waals surface area (Å²) in [6.07, 6.45) is 1.73. The minimum absolute atomic E-state index is 0.404. The molecule has 0 fully saturated rings. The number of esters is 1. The molecule has 0 spiro atoms. The smallest absolute Gasteiger partial charge is 0.350 e. The van der Waals surface area contributed by atoms with Crippen molar-refractivity contribution in [2.75, 3.05) is 24.7 Å². The predicted octanol–water partition coefficient (Wildman–Crippen LogP) is 1.71. The zero-order valence-corrected chi connectivity index (χ0v) is 8.69. The van der Waals surface area contributed by atoms with Crippen molar-refractivity contribution in [3.8, 4) is 0 Å². The van der Waals surface area contributed by atoms with Crippen LogP contribution in [0.5, 0.6) is 0 Å². The maximum atomic E-state index is 11.2. The Morgan fingerprint density at radius 2 is 2.57 bits per heavy atom. The summed E-state index contributed by atoms with van der Waals surface area (Å²) in [5, 5.41) is 3.88. The Kier molecular flexibility index (Phi) is 3.53. The lowest BCUT2D eigenvalue weighted by Gasteiger charge is -1.96. The molecule has 0 aromatic carbocycles. The van der Waals surface area contributed by atoms with Crippen LogP contribution in [0.25, 0.3) is 0 Å². The van der Waals surface area contributed by atoms with Gasteiger partial charge in [0.1, 0.15) is 4.88 Å². The van der Waals surface area contributed by atoms with E-state index in [0.29, 0.717) is 17.1 Å². The summed E-state index contributed by atoms with van der Waals surface area (Å²) in [6.45, 7) is 4.21. The number of ether oxygens (including phenoxy) is 1. The highest BCUT2D eigenvalue weighted by Crippen LogP contribution is 2.29. The molecule has 5 heteroatoms. The van der Waals surface area contributed by atoms with Crippen LogP contribution in [0.15, 0.2) is 18.7 Å². The van der Waals surface area contributed by atoms with Gasteiger partial charge >= 0.3 is 5.97 Å². The maximum absolute atomic E-state index is 11.2. The molecule has 0 saturated heterocycles. The third-order valence-electron chi connectivity index (χ3n) is 1.55. The molecule has 1 aromatic rings. The van der Waals surface area contributed by atoms with Crippen LogP contribution >= 0.6 is 11.3 Å². The monoisotopic (exact) mass is 212 g/mol. The average molecular weight is 212 g/mol. The van der Waals surface area contributed by atoms with Crippen molar-refractivity contribution < 1.29 is 9.53 Å². The summed E-state index contributed by atoms with van der Waals surface area (Å²) in [5.74, 6) is -0.404. The van der Waals surface area contributed by atoms with Gasteiger partial charge < -0.3 is 15.8 Å². The summed E-state index contributed by atoms with van der Waals surface area (Å²) < 4.78 is 4.58. The first kappa shape index (κ1) is 10.6. The second-order valence-electron chi connectivity index (χ2n) is 2.56. The van der Waals surface area contributed by atoms with Gasteiger partial charge in [0.2, 0.25) is 0 Å². The molecule has 1 rings (SSSR count). The number of nitrogens with one attached hydrogen (secondary N) is 1. The molecule has 0 radical (unpaired) electrons.